The maximum atomic E-state index is 13.4. The Balaban J connectivity index is 0.00000140. The molecule has 1 saturated heterocycles. The summed E-state index contributed by atoms with van der Waals surface area (Å²) in [5.74, 6) is 0.333. The van der Waals surface area contributed by atoms with Crippen LogP contribution < -0.4 is 0 Å². The Labute approximate surface area is 178 Å². The molecule has 28 heavy (non-hydrogen) atoms. The van der Waals surface area contributed by atoms with E-state index in [1.165, 1.54) is 17.8 Å². The fourth-order valence-corrected chi connectivity index (χ4v) is 3.80. The molecule has 150 valence electrons. The van der Waals surface area contributed by atoms with Crippen molar-refractivity contribution < 1.29 is 4.39 Å². The molecule has 1 aliphatic rings. The van der Waals surface area contributed by atoms with Crippen molar-refractivity contribution in [3.63, 3.8) is 0 Å². The van der Waals surface area contributed by atoms with Gasteiger partial charge in [-0.05, 0) is 93.5 Å². The predicted molar refractivity (Wildman–Crippen MR) is 118 cm³/mol. The number of hydrogen-bond acceptors (Lipinski definition) is 2. The molecular weight excluding hydrogens is 396 g/mol. The molecule has 3 nitrogen and oxygen atoms in total. The number of nitrogens with one attached hydrogen (secondary N) is 1. The van der Waals surface area contributed by atoms with E-state index in [9.17, 15) is 4.39 Å². The van der Waals surface area contributed by atoms with Crippen LogP contribution in [0.5, 0.6) is 0 Å². The van der Waals surface area contributed by atoms with Crippen molar-refractivity contribution in [2.45, 2.75) is 25.7 Å². The van der Waals surface area contributed by atoms with Crippen molar-refractivity contribution in [2.75, 3.05) is 20.1 Å². The number of halogens is 3. The molecule has 2 aromatic heterocycles. The molecule has 1 aromatic carbocycles. The summed E-state index contributed by atoms with van der Waals surface area (Å²) < 4.78 is 13.4. The fraction of sp³-hybridized carbons (Fsp3) is 0.318. The van der Waals surface area contributed by atoms with Gasteiger partial charge < -0.3 is 9.88 Å². The maximum Gasteiger partial charge on any atom is 0.123 e. The lowest BCUT2D eigenvalue weighted by atomic mass is 9.93. The van der Waals surface area contributed by atoms with Crippen LogP contribution in [0.4, 0.5) is 4.39 Å². The van der Waals surface area contributed by atoms with Crippen molar-refractivity contribution >= 4 is 24.8 Å². The number of aromatic amines is 1. The topological polar surface area (TPSA) is 31.9 Å². The molecule has 0 spiro atoms. The summed E-state index contributed by atoms with van der Waals surface area (Å²) in [7, 11) is 2.18. The quantitative estimate of drug-likeness (QED) is 0.575. The highest BCUT2D eigenvalue weighted by Gasteiger charge is 2.22. The number of piperidine rings is 1. The van der Waals surface area contributed by atoms with Crippen LogP contribution in [0.1, 0.15) is 30.1 Å². The number of hydrogen-bond donors (Lipinski definition) is 1. The number of aryl methyl sites for hydroxylation is 1. The minimum Gasteiger partial charge on any atom is -0.358 e. The zero-order valence-corrected chi connectivity index (χ0v) is 17.7. The van der Waals surface area contributed by atoms with Crippen molar-refractivity contribution in [3.05, 3.63) is 65.9 Å². The molecule has 0 unspecified atom stereocenters. The Morgan fingerprint density at radius 3 is 2.32 bits per heavy atom. The third-order valence-corrected chi connectivity index (χ3v) is 5.34. The first-order valence-corrected chi connectivity index (χ1v) is 9.20. The first kappa shape index (κ1) is 22.4. The van der Waals surface area contributed by atoms with Gasteiger partial charge in [0.15, 0.2) is 0 Å². The summed E-state index contributed by atoms with van der Waals surface area (Å²) in [6.07, 6.45) is 4.17. The molecule has 0 saturated carbocycles. The van der Waals surface area contributed by atoms with Gasteiger partial charge in [0, 0.05) is 29.1 Å². The summed E-state index contributed by atoms with van der Waals surface area (Å²) in [5, 5.41) is 0. The van der Waals surface area contributed by atoms with E-state index in [-0.39, 0.29) is 30.6 Å². The molecule has 4 rings (SSSR count). The number of likely N-dealkylation sites (tertiary alicyclic amines) is 1. The van der Waals surface area contributed by atoms with E-state index in [2.05, 4.69) is 34.0 Å². The third-order valence-electron chi connectivity index (χ3n) is 5.34. The lowest BCUT2D eigenvalue weighted by Gasteiger charge is -2.28. The van der Waals surface area contributed by atoms with E-state index >= 15 is 0 Å². The van der Waals surface area contributed by atoms with E-state index < -0.39 is 0 Å². The second kappa shape index (κ2) is 9.55. The second-order valence-corrected chi connectivity index (χ2v) is 7.28. The highest BCUT2D eigenvalue weighted by molar-refractivity contribution is 5.85. The molecule has 0 amide bonds. The summed E-state index contributed by atoms with van der Waals surface area (Å²) >= 11 is 0. The van der Waals surface area contributed by atoms with Crippen molar-refractivity contribution in [1.29, 1.82) is 0 Å². The van der Waals surface area contributed by atoms with Crippen LogP contribution in [0.3, 0.4) is 0 Å². The van der Waals surface area contributed by atoms with Gasteiger partial charge in [0.2, 0.25) is 0 Å². The lowest BCUT2D eigenvalue weighted by molar-refractivity contribution is 0.253. The van der Waals surface area contributed by atoms with Crippen LogP contribution >= 0.6 is 24.8 Å². The largest absolute Gasteiger partial charge is 0.358 e. The van der Waals surface area contributed by atoms with Crippen molar-refractivity contribution in [1.82, 2.24) is 14.9 Å². The fourth-order valence-electron chi connectivity index (χ4n) is 3.80. The maximum absolute atomic E-state index is 13.4. The summed E-state index contributed by atoms with van der Waals surface area (Å²) in [6.45, 7) is 4.25. The first-order chi connectivity index (χ1) is 12.6. The van der Waals surface area contributed by atoms with E-state index in [4.69, 9.17) is 0 Å². The van der Waals surface area contributed by atoms with Crippen LogP contribution in [-0.4, -0.2) is 35.0 Å². The SMILES string of the molecule is Cc1cc(-c2cc(C3CCN(C)CC3)[nH]c2-c2ccc(F)cc2)ccn1.Cl.Cl. The highest BCUT2D eigenvalue weighted by atomic mass is 35.5. The molecule has 1 fully saturated rings. The second-order valence-electron chi connectivity index (χ2n) is 7.28. The van der Waals surface area contributed by atoms with E-state index in [1.807, 2.05) is 31.3 Å². The first-order valence-electron chi connectivity index (χ1n) is 9.20. The minimum atomic E-state index is -0.211. The van der Waals surface area contributed by atoms with Gasteiger partial charge in [-0.2, -0.15) is 0 Å². The number of rotatable bonds is 3. The van der Waals surface area contributed by atoms with Crippen molar-refractivity contribution in [3.8, 4) is 22.4 Å². The molecule has 1 aliphatic heterocycles. The Morgan fingerprint density at radius 1 is 1.00 bits per heavy atom. The molecule has 6 heteroatoms. The molecule has 0 bridgehead atoms. The van der Waals surface area contributed by atoms with Crippen molar-refractivity contribution in [2.24, 2.45) is 0 Å². The van der Waals surface area contributed by atoms with Gasteiger partial charge in [-0.3, -0.25) is 4.98 Å². The normalized spacial score (nSPS) is 15.0. The van der Waals surface area contributed by atoms with Gasteiger partial charge in [-0.1, -0.05) is 0 Å². The van der Waals surface area contributed by atoms with Crippen LogP contribution in [0.25, 0.3) is 22.4 Å². The smallest absolute Gasteiger partial charge is 0.123 e. The van der Waals surface area contributed by atoms with Gasteiger partial charge in [-0.25, -0.2) is 4.39 Å². The van der Waals surface area contributed by atoms with E-state index in [1.54, 1.807) is 0 Å². The van der Waals surface area contributed by atoms with Gasteiger partial charge in [-0.15, -0.1) is 24.8 Å². The highest BCUT2D eigenvalue weighted by Crippen LogP contribution is 2.37. The summed E-state index contributed by atoms with van der Waals surface area (Å²) in [4.78, 5) is 10.4. The molecule has 0 aliphatic carbocycles. The monoisotopic (exact) mass is 421 g/mol. The summed E-state index contributed by atoms with van der Waals surface area (Å²) in [5.41, 5.74) is 6.65. The van der Waals surface area contributed by atoms with Gasteiger partial charge in [0.1, 0.15) is 5.82 Å². The van der Waals surface area contributed by atoms with Crippen LogP contribution in [0.15, 0.2) is 48.7 Å². The number of aromatic nitrogens is 2. The van der Waals surface area contributed by atoms with E-state index in [0.29, 0.717) is 5.92 Å². The van der Waals surface area contributed by atoms with E-state index in [0.717, 1.165) is 54.0 Å². The summed E-state index contributed by atoms with van der Waals surface area (Å²) in [6, 6.07) is 13.2. The average Bonchev–Trinajstić information content (AvgIpc) is 3.08. The Bertz CT molecular complexity index is 900. The molecule has 3 aromatic rings. The molecule has 3 heterocycles. The Kier molecular flexibility index (Phi) is 7.64. The van der Waals surface area contributed by atoms with Crippen LogP contribution in [0.2, 0.25) is 0 Å². The van der Waals surface area contributed by atoms with Crippen LogP contribution in [0, 0.1) is 12.7 Å². The molecule has 0 atom stereocenters. The Hall–Kier alpha value is -1.88. The standard InChI is InChI=1S/C22H24FN3.2ClH/c1-15-13-18(7-10-24-15)20-14-21(16-8-11-26(2)12-9-16)25-22(20)17-3-5-19(23)6-4-17;;/h3-7,10,13-14,16,25H,8-9,11-12H2,1-2H3;2*1H. The molecular formula is C22H26Cl2FN3. The predicted octanol–water partition coefficient (Wildman–Crippen LogP) is 5.84. The molecule has 0 radical (unpaired) electrons. The third kappa shape index (κ3) is 4.75. The van der Waals surface area contributed by atoms with Crippen LogP contribution in [-0.2, 0) is 0 Å². The average molecular weight is 422 g/mol. The lowest BCUT2D eigenvalue weighted by Crippen LogP contribution is -2.29. The minimum absolute atomic E-state index is 0. The zero-order chi connectivity index (χ0) is 18.1. The molecule has 1 N–H and O–H groups in total. The van der Waals surface area contributed by atoms with Gasteiger partial charge >= 0.3 is 0 Å². The van der Waals surface area contributed by atoms with Gasteiger partial charge in [0.25, 0.3) is 0 Å². The van der Waals surface area contributed by atoms with Gasteiger partial charge in [0.05, 0.1) is 5.69 Å². The Morgan fingerprint density at radius 2 is 1.68 bits per heavy atom. The number of pyridine rings is 1. The number of nitrogens with zero attached hydrogens (tertiary/aromatic N) is 2. The number of benzene rings is 1. The number of H-pyrrole nitrogens is 1. The zero-order valence-electron chi connectivity index (χ0n) is 16.1.